The van der Waals surface area contributed by atoms with Crippen molar-refractivity contribution in [3.05, 3.63) is 53.3 Å². The van der Waals surface area contributed by atoms with Crippen LogP contribution >= 0.6 is 0 Å². The van der Waals surface area contributed by atoms with Crippen LogP contribution in [0.15, 0.2) is 47.7 Å². The number of hydrogen-bond acceptors (Lipinski definition) is 6. The normalized spacial score (nSPS) is 22.3. The monoisotopic (exact) mass is 584 g/mol. The first kappa shape index (κ1) is 34.6. The molecule has 6 heteroatoms. The maximum atomic E-state index is 10.8. The first-order valence-corrected chi connectivity index (χ1v) is 16.8. The van der Waals surface area contributed by atoms with Crippen molar-refractivity contribution in [2.75, 3.05) is 46.9 Å². The van der Waals surface area contributed by atoms with Crippen molar-refractivity contribution < 1.29 is 19.7 Å². The van der Waals surface area contributed by atoms with Gasteiger partial charge >= 0.3 is 0 Å². The fourth-order valence-electron chi connectivity index (χ4n) is 6.33. The Kier molecular flexibility index (Phi) is 16.0. The van der Waals surface area contributed by atoms with Crippen LogP contribution in [-0.4, -0.2) is 68.2 Å². The predicted octanol–water partition coefficient (Wildman–Crippen LogP) is 7.03. The molecule has 0 amide bonds. The highest BCUT2D eigenvalue weighted by Gasteiger charge is 2.23. The van der Waals surface area contributed by atoms with Crippen LogP contribution in [0.5, 0.6) is 5.75 Å². The molecule has 1 aromatic rings. The van der Waals surface area contributed by atoms with Gasteiger partial charge in [0.25, 0.3) is 0 Å². The summed E-state index contributed by atoms with van der Waals surface area (Å²) in [5, 5.41) is 24.9. The average Bonchev–Trinajstić information content (AvgIpc) is 3.00. The number of rotatable bonds is 18. The third kappa shape index (κ3) is 13.2. The van der Waals surface area contributed by atoms with E-state index in [2.05, 4.69) is 23.2 Å². The molecule has 3 rings (SSSR count). The van der Waals surface area contributed by atoms with E-state index in [9.17, 15) is 10.2 Å². The molecule has 0 aromatic heterocycles. The number of nitrogens with zero attached hydrogens (tertiary/aromatic N) is 1. The standard InChI is InChI=1S/C36H60N2O4/c1-5-11-33(41-26-29-12-7-6-8-13-29)22-28(2)35(39)18-20-37-25-30-14-9-15-31(23-30)27-42-34-17-10-16-32(24-34)36(40)19-21-38(3)4/h10-11,16-17,22,24,29-31,35-37,39-40H,5-9,12-15,18-21,23,25-27H2,1-4H3/b28-22+,33-11+. The SMILES string of the molecule is CC/C=C(\C=C(/C)C(O)CCNCC1CCCC(COc2cccc(C(O)CCN(C)C)c2)C1)OCC1CCCCC1. The lowest BCUT2D eigenvalue weighted by Crippen LogP contribution is -2.31. The summed E-state index contributed by atoms with van der Waals surface area (Å²) in [6, 6.07) is 7.95. The Balaban J connectivity index is 1.35. The molecule has 2 aliphatic rings. The molecule has 1 aromatic carbocycles. The summed E-state index contributed by atoms with van der Waals surface area (Å²) in [6.45, 7) is 8.33. The summed E-state index contributed by atoms with van der Waals surface area (Å²) in [5.41, 5.74) is 1.90. The number of aliphatic hydroxyl groups excluding tert-OH is 2. The van der Waals surface area contributed by atoms with Crippen molar-refractivity contribution >= 4 is 0 Å². The van der Waals surface area contributed by atoms with Crippen LogP contribution < -0.4 is 10.1 Å². The van der Waals surface area contributed by atoms with Gasteiger partial charge in [-0.2, -0.15) is 0 Å². The predicted molar refractivity (Wildman–Crippen MR) is 174 cm³/mol. The Hall–Kier alpha value is -1.86. The van der Waals surface area contributed by atoms with Crippen LogP contribution in [0.1, 0.15) is 103 Å². The van der Waals surface area contributed by atoms with Crippen LogP contribution in [0.3, 0.4) is 0 Å². The molecule has 0 aliphatic heterocycles. The van der Waals surface area contributed by atoms with Gasteiger partial charge in [-0.05, 0) is 139 Å². The molecule has 0 saturated heterocycles. The van der Waals surface area contributed by atoms with Crippen molar-refractivity contribution in [2.45, 2.75) is 103 Å². The van der Waals surface area contributed by atoms with E-state index in [1.54, 1.807) is 0 Å². The van der Waals surface area contributed by atoms with Crippen molar-refractivity contribution in [3.63, 3.8) is 0 Å². The third-order valence-corrected chi connectivity index (χ3v) is 9.01. The van der Waals surface area contributed by atoms with Crippen molar-refractivity contribution in [3.8, 4) is 5.75 Å². The van der Waals surface area contributed by atoms with Crippen LogP contribution in [0, 0.1) is 17.8 Å². The summed E-state index contributed by atoms with van der Waals surface area (Å²) in [4.78, 5) is 2.09. The second kappa shape index (κ2) is 19.4. The van der Waals surface area contributed by atoms with Crippen LogP contribution in [0.4, 0.5) is 0 Å². The molecular weight excluding hydrogens is 524 g/mol. The topological polar surface area (TPSA) is 74.2 Å². The Morgan fingerprint density at radius 2 is 1.76 bits per heavy atom. The highest BCUT2D eigenvalue weighted by molar-refractivity contribution is 5.30. The fraction of sp³-hybridized carbons (Fsp3) is 0.722. The van der Waals surface area contributed by atoms with Gasteiger partial charge in [0, 0.05) is 6.54 Å². The second-order valence-electron chi connectivity index (χ2n) is 13.1. The number of nitrogens with one attached hydrogen (secondary N) is 1. The zero-order valence-electron chi connectivity index (χ0n) is 27.0. The van der Waals surface area contributed by atoms with Gasteiger partial charge in [0.1, 0.15) is 11.5 Å². The molecule has 4 unspecified atom stereocenters. The van der Waals surface area contributed by atoms with E-state index in [0.29, 0.717) is 30.6 Å². The summed E-state index contributed by atoms with van der Waals surface area (Å²) in [7, 11) is 4.05. The molecule has 2 aliphatic carbocycles. The highest BCUT2D eigenvalue weighted by atomic mass is 16.5. The third-order valence-electron chi connectivity index (χ3n) is 9.01. The van der Waals surface area contributed by atoms with Crippen molar-refractivity contribution in [1.82, 2.24) is 10.2 Å². The fourth-order valence-corrected chi connectivity index (χ4v) is 6.33. The van der Waals surface area contributed by atoms with E-state index in [1.807, 2.05) is 51.4 Å². The van der Waals surface area contributed by atoms with Gasteiger partial charge in [-0.3, -0.25) is 0 Å². The van der Waals surface area contributed by atoms with Gasteiger partial charge in [-0.15, -0.1) is 0 Å². The average molecular weight is 585 g/mol. The molecule has 238 valence electrons. The number of aliphatic hydroxyl groups is 2. The molecule has 6 nitrogen and oxygen atoms in total. The van der Waals surface area contributed by atoms with Crippen LogP contribution in [-0.2, 0) is 4.74 Å². The zero-order valence-corrected chi connectivity index (χ0v) is 27.0. The van der Waals surface area contributed by atoms with Gasteiger partial charge in [-0.25, -0.2) is 0 Å². The van der Waals surface area contributed by atoms with Gasteiger partial charge in [-0.1, -0.05) is 44.7 Å². The Morgan fingerprint density at radius 3 is 2.52 bits per heavy atom. The molecular formula is C36H60N2O4. The van der Waals surface area contributed by atoms with Crippen LogP contribution in [0.2, 0.25) is 0 Å². The molecule has 0 bridgehead atoms. The lowest BCUT2D eigenvalue weighted by molar-refractivity contribution is 0.147. The first-order valence-electron chi connectivity index (χ1n) is 16.8. The summed E-state index contributed by atoms with van der Waals surface area (Å²) >= 11 is 0. The molecule has 4 atom stereocenters. The van der Waals surface area contributed by atoms with E-state index >= 15 is 0 Å². The molecule has 2 saturated carbocycles. The van der Waals surface area contributed by atoms with E-state index in [0.717, 1.165) is 61.9 Å². The summed E-state index contributed by atoms with van der Waals surface area (Å²) < 4.78 is 12.4. The molecule has 0 radical (unpaired) electrons. The van der Waals surface area contributed by atoms with Crippen LogP contribution in [0.25, 0.3) is 0 Å². The minimum atomic E-state index is -0.465. The lowest BCUT2D eigenvalue weighted by Gasteiger charge is -2.29. The van der Waals surface area contributed by atoms with Gasteiger partial charge < -0.3 is 29.9 Å². The second-order valence-corrected chi connectivity index (χ2v) is 13.1. The van der Waals surface area contributed by atoms with E-state index in [4.69, 9.17) is 9.47 Å². The van der Waals surface area contributed by atoms with Crippen molar-refractivity contribution in [2.24, 2.45) is 17.8 Å². The van der Waals surface area contributed by atoms with E-state index in [-0.39, 0.29) is 0 Å². The maximum Gasteiger partial charge on any atom is 0.119 e. The van der Waals surface area contributed by atoms with Gasteiger partial charge in [0.15, 0.2) is 0 Å². The zero-order chi connectivity index (χ0) is 30.2. The smallest absolute Gasteiger partial charge is 0.119 e. The molecule has 42 heavy (non-hydrogen) atoms. The molecule has 2 fully saturated rings. The Labute approximate surface area is 256 Å². The van der Waals surface area contributed by atoms with E-state index < -0.39 is 12.2 Å². The number of hydrogen-bond donors (Lipinski definition) is 3. The minimum absolute atomic E-state index is 0.458. The van der Waals surface area contributed by atoms with E-state index in [1.165, 1.54) is 57.8 Å². The minimum Gasteiger partial charge on any atom is -0.494 e. The summed E-state index contributed by atoms with van der Waals surface area (Å²) in [6.07, 6.45) is 17.1. The number of benzene rings is 1. The molecule has 0 spiro atoms. The lowest BCUT2D eigenvalue weighted by atomic mass is 9.82. The quantitative estimate of drug-likeness (QED) is 0.0977. The van der Waals surface area contributed by atoms with Gasteiger partial charge in [0.2, 0.25) is 0 Å². The first-order chi connectivity index (χ1) is 20.3. The Morgan fingerprint density at radius 1 is 1.00 bits per heavy atom. The highest BCUT2D eigenvalue weighted by Crippen LogP contribution is 2.30. The van der Waals surface area contributed by atoms with Crippen molar-refractivity contribution in [1.29, 1.82) is 0 Å². The number of ether oxygens (including phenoxy) is 2. The number of allylic oxidation sites excluding steroid dienone is 2. The van der Waals surface area contributed by atoms with Gasteiger partial charge in [0.05, 0.1) is 25.4 Å². The maximum absolute atomic E-state index is 10.8. The largest absolute Gasteiger partial charge is 0.494 e. The molecule has 0 heterocycles. The Bertz CT molecular complexity index is 940. The molecule has 3 N–H and O–H groups in total. The summed E-state index contributed by atoms with van der Waals surface area (Å²) in [5.74, 6) is 3.64.